The number of nitrogens with zero attached hydrogens (tertiary/aromatic N) is 4. The molecule has 0 aliphatic carbocycles. The summed E-state index contributed by atoms with van der Waals surface area (Å²) in [5.41, 5.74) is 0.127. The van der Waals surface area contributed by atoms with Crippen LogP contribution in [0.1, 0.15) is 12.8 Å². The van der Waals surface area contributed by atoms with Gasteiger partial charge in [0.25, 0.3) is 10.0 Å². The first-order valence-electron chi connectivity index (χ1n) is 8.04. The van der Waals surface area contributed by atoms with Crippen molar-refractivity contribution in [3.63, 3.8) is 0 Å². The standard InChI is InChI=1S/C16H19F2N5O2S/c1-22(2)15-14(10-19-16(20-15)23-5-3-4-6-23)21-26(24,25)13-8-11(17)7-12(18)9-13/h7-10,21H,3-6H2,1-2H3. The van der Waals surface area contributed by atoms with Crippen molar-refractivity contribution >= 4 is 27.5 Å². The minimum absolute atomic E-state index is 0.127. The van der Waals surface area contributed by atoms with Crippen molar-refractivity contribution in [1.82, 2.24) is 9.97 Å². The van der Waals surface area contributed by atoms with Gasteiger partial charge < -0.3 is 9.80 Å². The molecule has 1 aromatic carbocycles. The molecule has 0 unspecified atom stereocenters. The van der Waals surface area contributed by atoms with Crippen molar-refractivity contribution in [2.24, 2.45) is 0 Å². The minimum Gasteiger partial charge on any atom is -0.361 e. The molecular weight excluding hydrogens is 364 g/mol. The Bertz CT molecular complexity index is 895. The van der Waals surface area contributed by atoms with Gasteiger partial charge >= 0.3 is 0 Å². The zero-order valence-electron chi connectivity index (χ0n) is 14.4. The molecule has 1 aromatic heterocycles. The largest absolute Gasteiger partial charge is 0.361 e. The van der Waals surface area contributed by atoms with E-state index in [1.54, 1.807) is 19.0 Å². The van der Waals surface area contributed by atoms with Crippen molar-refractivity contribution < 1.29 is 17.2 Å². The van der Waals surface area contributed by atoms with Gasteiger partial charge in [-0.05, 0) is 25.0 Å². The summed E-state index contributed by atoms with van der Waals surface area (Å²) < 4.78 is 54.0. The molecule has 0 amide bonds. The molecule has 1 saturated heterocycles. The molecule has 10 heteroatoms. The molecule has 0 atom stereocenters. The number of hydrogen-bond acceptors (Lipinski definition) is 6. The molecule has 1 N–H and O–H groups in total. The third-order valence-corrected chi connectivity index (χ3v) is 5.30. The summed E-state index contributed by atoms with van der Waals surface area (Å²) in [5, 5.41) is 0. The first kappa shape index (κ1) is 18.3. The molecule has 0 saturated carbocycles. The van der Waals surface area contributed by atoms with E-state index in [2.05, 4.69) is 14.7 Å². The molecule has 2 heterocycles. The molecular formula is C16H19F2N5O2S. The molecule has 7 nitrogen and oxygen atoms in total. The summed E-state index contributed by atoms with van der Waals surface area (Å²) in [6.07, 6.45) is 3.48. The lowest BCUT2D eigenvalue weighted by atomic mass is 10.3. The van der Waals surface area contributed by atoms with E-state index in [1.807, 2.05) is 4.90 Å². The zero-order valence-corrected chi connectivity index (χ0v) is 15.2. The lowest BCUT2D eigenvalue weighted by Crippen LogP contribution is -2.24. The number of anilines is 3. The Balaban J connectivity index is 1.95. The van der Waals surface area contributed by atoms with E-state index in [9.17, 15) is 17.2 Å². The van der Waals surface area contributed by atoms with Gasteiger partial charge in [0.2, 0.25) is 5.95 Å². The molecule has 1 aliphatic heterocycles. The first-order valence-corrected chi connectivity index (χ1v) is 9.53. The monoisotopic (exact) mass is 383 g/mol. The third-order valence-electron chi connectivity index (χ3n) is 3.96. The summed E-state index contributed by atoms with van der Waals surface area (Å²) in [6, 6.07) is 2.11. The zero-order chi connectivity index (χ0) is 18.9. The van der Waals surface area contributed by atoms with E-state index in [4.69, 9.17) is 0 Å². The fourth-order valence-electron chi connectivity index (χ4n) is 2.73. The van der Waals surface area contributed by atoms with Crippen LogP contribution in [0.3, 0.4) is 0 Å². The topological polar surface area (TPSA) is 78.4 Å². The van der Waals surface area contributed by atoms with Crippen LogP contribution in [0.2, 0.25) is 0 Å². The van der Waals surface area contributed by atoms with Crippen LogP contribution >= 0.6 is 0 Å². The fourth-order valence-corrected chi connectivity index (χ4v) is 3.82. The Kier molecular flexibility index (Phi) is 4.94. The molecule has 3 rings (SSSR count). The highest BCUT2D eigenvalue weighted by atomic mass is 32.2. The number of nitrogens with one attached hydrogen (secondary N) is 1. The maximum absolute atomic E-state index is 13.4. The predicted octanol–water partition coefficient (Wildman–Crippen LogP) is 2.22. The number of rotatable bonds is 5. The van der Waals surface area contributed by atoms with Crippen molar-refractivity contribution in [1.29, 1.82) is 0 Å². The van der Waals surface area contributed by atoms with Crippen molar-refractivity contribution in [3.8, 4) is 0 Å². The Morgan fingerprint density at radius 1 is 1.12 bits per heavy atom. The Hall–Kier alpha value is -2.49. The first-order chi connectivity index (χ1) is 12.3. The van der Waals surface area contributed by atoms with E-state index in [0.29, 0.717) is 17.8 Å². The fraction of sp³-hybridized carbons (Fsp3) is 0.375. The molecule has 0 spiro atoms. The Morgan fingerprint density at radius 2 is 1.73 bits per heavy atom. The van der Waals surface area contributed by atoms with E-state index >= 15 is 0 Å². The number of halogens is 2. The van der Waals surface area contributed by atoms with E-state index in [0.717, 1.165) is 38.1 Å². The van der Waals surface area contributed by atoms with Crippen LogP contribution in [0.4, 0.5) is 26.2 Å². The van der Waals surface area contributed by atoms with Crippen LogP contribution in [-0.2, 0) is 10.0 Å². The van der Waals surface area contributed by atoms with Gasteiger partial charge in [-0.2, -0.15) is 4.98 Å². The Labute approximate surface area is 150 Å². The summed E-state index contributed by atoms with van der Waals surface area (Å²) in [5.74, 6) is -1.06. The minimum atomic E-state index is -4.20. The molecule has 26 heavy (non-hydrogen) atoms. The van der Waals surface area contributed by atoms with Gasteiger partial charge in [-0.15, -0.1) is 0 Å². The molecule has 2 aromatic rings. The van der Waals surface area contributed by atoms with E-state index < -0.39 is 26.6 Å². The Morgan fingerprint density at radius 3 is 2.31 bits per heavy atom. The van der Waals surface area contributed by atoms with Gasteiger partial charge in [0.1, 0.15) is 17.3 Å². The lowest BCUT2D eigenvalue weighted by Gasteiger charge is -2.21. The van der Waals surface area contributed by atoms with Crippen LogP contribution < -0.4 is 14.5 Å². The predicted molar refractivity (Wildman–Crippen MR) is 95.0 cm³/mol. The van der Waals surface area contributed by atoms with Crippen LogP contribution in [-0.4, -0.2) is 45.6 Å². The third kappa shape index (κ3) is 3.85. The second kappa shape index (κ2) is 7.02. The van der Waals surface area contributed by atoms with Gasteiger partial charge in [0.05, 0.1) is 11.1 Å². The smallest absolute Gasteiger partial charge is 0.262 e. The summed E-state index contributed by atoms with van der Waals surface area (Å²) in [7, 11) is -0.760. The van der Waals surface area contributed by atoms with Crippen LogP contribution in [0.15, 0.2) is 29.3 Å². The highest BCUT2D eigenvalue weighted by molar-refractivity contribution is 7.92. The van der Waals surface area contributed by atoms with E-state index in [1.165, 1.54) is 6.20 Å². The molecule has 140 valence electrons. The molecule has 1 aliphatic rings. The van der Waals surface area contributed by atoms with Crippen molar-refractivity contribution in [3.05, 3.63) is 36.0 Å². The summed E-state index contributed by atoms with van der Waals surface area (Å²) in [6.45, 7) is 1.70. The number of aromatic nitrogens is 2. The second-order valence-corrected chi connectivity index (χ2v) is 7.89. The van der Waals surface area contributed by atoms with Gasteiger partial charge in [-0.25, -0.2) is 22.2 Å². The SMILES string of the molecule is CN(C)c1nc(N2CCCC2)ncc1NS(=O)(=O)c1cc(F)cc(F)c1. The highest BCUT2D eigenvalue weighted by Crippen LogP contribution is 2.27. The second-order valence-electron chi connectivity index (χ2n) is 6.21. The number of benzene rings is 1. The van der Waals surface area contributed by atoms with Crippen LogP contribution in [0, 0.1) is 11.6 Å². The maximum Gasteiger partial charge on any atom is 0.262 e. The number of sulfonamides is 1. The van der Waals surface area contributed by atoms with Crippen LogP contribution in [0.25, 0.3) is 0 Å². The van der Waals surface area contributed by atoms with Gasteiger partial charge in [0.15, 0.2) is 5.82 Å². The lowest BCUT2D eigenvalue weighted by molar-refractivity contribution is 0.568. The van der Waals surface area contributed by atoms with Gasteiger partial charge in [0, 0.05) is 33.3 Å². The van der Waals surface area contributed by atoms with Gasteiger partial charge in [-0.3, -0.25) is 4.72 Å². The normalized spacial score (nSPS) is 14.5. The van der Waals surface area contributed by atoms with Gasteiger partial charge in [-0.1, -0.05) is 0 Å². The van der Waals surface area contributed by atoms with Crippen molar-refractivity contribution in [2.75, 3.05) is 41.7 Å². The highest BCUT2D eigenvalue weighted by Gasteiger charge is 2.22. The van der Waals surface area contributed by atoms with Crippen molar-refractivity contribution in [2.45, 2.75) is 17.7 Å². The summed E-state index contributed by atoms with van der Waals surface area (Å²) >= 11 is 0. The molecule has 0 radical (unpaired) electrons. The maximum atomic E-state index is 13.4. The average Bonchev–Trinajstić information content (AvgIpc) is 3.08. The molecule has 1 fully saturated rings. The summed E-state index contributed by atoms with van der Waals surface area (Å²) in [4.78, 5) is 11.8. The quantitative estimate of drug-likeness (QED) is 0.853. The number of hydrogen-bond donors (Lipinski definition) is 1. The van der Waals surface area contributed by atoms with Crippen LogP contribution in [0.5, 0.6) is 0 Å². The average molecular weight is 383 g/mol. The molecule has 0 bridgehead atoms. The van der Waals surface area contributed by atoms with E-state index in [-0.39, 0.29) is 5.69 Å².